The van der Waals surface area contributed by atoms with E-state index in [-0.39, 0.29) is 24.4 Å². The highest BCUT2D eigenvalue weighted by Crippen LogP contribution is 2.29. The van der Waals surface area contributed by atoms with Crippen LogP contribution in [0.3, 0.4) is 0 Å². The summed E-state index contributed by atoms with van der Waals surface area (Å²) in [6, 6.07) is 13.5. The van der Waals surface area contributed by atoms with Crippen molar-refractivity contribution in [2.24, 2.45) is 0 Å². The van der Waals surface area contributed by atoms with E-state index < -0.39 is 0 Å². The second-order valence-electron chi connectivity index (χ2n) is 5.65. The molecular formula is C18H21Cl2N3O. The Morgan fingerprint density at radius 1 is 1.25 bits per heavy atom. The number of aromatic nitrogens is 1. The van der Waals surface area contributed by atoms with E-state index in [0.29, 0.717) is 24.4 Å². The molecule has 1 saturated heterocycles. The highest BCUT2D eigenvalue weighted by atomic mass is 35.5. The zero-order chi connectivity index (χ0) is 16.1. The molecule has 0 bridgehead atoms. The second-order valence-corrected chi connectivity index (χ2v) is 6.06. The van der Waals surface area contributed by atoms with E-state index in [2.05, 4.69) is 10.3 Å². The minimum atomic E-state index is -0.00585. The lowest BCUT2D eigenvalue weighted by Crippen LogP contribution is -2.48. The molecule has 1 fully saturated rings. The Balaban J connectivity index is 0.00000208. The molecule has 0 spiro atoms. The van der Waals surface area contributed by atoms with E-state index in [1.165, 1.54) is 0 Å². The summed E-state index contributed by atoms with van der Waals surface area (Å²) in [6.07, 6.45) is 2.90. The minimum Gasteiger partial charge on any atom is -0.333 e. The summed E-state index contributed by atoms with van der Waals surface area (Å²) in [6.45, 7) is 2.26. The van der Waals surface area contributed by atoms with Gasteiger partial charge in [-0.1, -0.05) is 35.9 Å². The number of amides is 1. The maximum absolute atomic E-state index is 12.7. The highest BCUT2D eigenvalue weighted by Gasteiger charge is 2.28. The van der Waals surface area contributed by atoms with E-state index >= 15 is 0 Å². The van der Waals surface area contributed by atoms with Gasteiger partial charge in [-0.2, -0.15) is 0 Å². The first kappa shape index (κ1) is 18.7. The van der Waals surface area contributed by atoms with Crippen LogP contribution < -0.4 is 5.32 Å². The molecule has 128 valence electrons. The number of rotatable bonds is 4. The van der Waals surface area contributed by atoms with E-state index in [0.717, 1.165) is 24.3 Å². The van der Waals surface area contributed by atoms with Gasteiger partial charge in [0.2, 0.25) is 5.91 Å². The Labute approximate surface area is 153 Å². The number of aryl methyl sites for hydroxylation is 1. The van der Waals surface area contributed by atoms with Crippen LogP contribution in [0.15, 0.2) is 48.7 Å². The summed E-state index contributed by atoms with van der Waals surface area (Å²) in [7, 11) is 0. The molecule has 0 saturated carbocycles. The molecule has 0 aliphatic carbocycles. The highest BCUT2D eigenvalue weighted by molar-refractivity contribution is 6.31. The van der Waals surface area contributed by atoms with Crippen molar-refractivity contribution in [1.82, 2.24) is 15.2 Å². The number of pyridine rings is 1. The fourth-order valence-corrected chi connectivity index (χ4v) is 3.21. The predicted molar refractivity (Wildman–Crippen MR) is 98.6 cm³/mol. The zero-order valence-electron chi connectivity index (χ0n) is 13.3. The van der Waals surface area contributed by atoms with Crippen molar-refractivity contribution in [3.8, 4) is 0 Å². The number of benzene rings is 1. The Kier molecular flexibility index (Phi) is 7.03. The van der Waals surface area contributed by atoms with Crippen molar-refractivity contribution in [1.29, 1.82) is 0 Å². The van der Waals surface area contributed by atoms with Gasteiger partial charge in [0, 0.05) is 43.0 Å². The molecule has 6 heteroatoms. The first-order valence-electron chi connectivity index (χ1n) is 7.90. The fraction of sp³-hybridized carbons (Fsp3) is 0.333. The average Bonchev–Trinajstić information content (AvgIpc) is 2.61. The van der Waals surface area contributed by atoms with Crippen molar-refractivity contribution in [2.45, 2.75) is 18.9 Å². The predicted octanol–water partition coefficient (Wildman–Crippen LogP) is 3.26. The first-order valence-corrected chi connectivity index (χ1v) is 8.28. The molecule has 1 aromatic carbocycles. The van der Waals surface area contributed by atoms with Gasteiger partial charge < -0.3 is 10.2 Å². The number of hydrogen-bond acceptors (Lipinski definition) is 3. The lowest BCUT2D eigenvalue weighted by molar-refractivity contribution is -0.134. The number of carbonyl (C=O) groups is 1. The first-order chi connectivity index (χ1) is 11.3. The maximum Gasteiger partial charge on any atom is 0.223 e. The molecular weight excluding hydrogens is 345 g/mol. The monoisotopic (exact) mass is 365 g/mol. The van der Waals surface area contributed by atoms with Gasteiger partial charge in [-0.25, -0.2) is 0 Å². The molecule has 1 atom stereocenters. The molecule has 2 aromatic rings. The Morgan fingerprint density at radius 2 is 2.04 bits per heavy atom. The molecule has 3 rings (SSSR count). The minimum absolute atomic E-state index is 0. The summed E-state index contributed by atoms with van der Waals surface area (Å²) < 4.78 is 0. The Hall–Kier alpha value is -1.62. The molecule has 1 aliphatic heterocycles. The smallest absolute Gasteiger partial charge is 0.223 e. The van der Waals surface area contributed by atoms with E-state index in [1.807, 2.05) is 47.4 Å². The number of piperazine rings is 1. The number of hydrogen-bond donors (Lipinski definition) is 1. The Bertz CT molecular complexity index is 666. The number of nitrogens with one attached hydrogen (secondary N) is 1. The second kappa shape index (κ2) is 9.02. The van der Waals surface area contributed by atoms with Gasteiger partial charge in [-0.15, -0.1) is 12.4 Å². The summed E-state index contributed by atoms with van der Waals surface area (Å²) in [5, 5.41) is 4.07. The normalized spacial score (nSPS) is 17.2. The lowest BCUT2D eigenvalue weighted by Gasteiger charge is -2.37. The number of nitrogens with zero attached hydrogens (tertiary/aromatic N) is 2. The standard InChI is InChI=1S/C18H20ClN3O.ClH/c19-16-7-2-1-6-15(16)17-13-20-11-12-22(17)18(23)9-8-14-5-3-4-10-21-14;/h1-7,10,17,20H,8-9,11-13H2;1H. The largest absolute Gasteiger partial charge is 0.333 e. The topological polar surface area (TPSA) is 45.2 Å². The van der Waals surface area contributed by atoms with Gasteiger partial charge >= 0.3 is 0 Å². The van der Waals surface area contributed by atoms with Gasteiger partial charge in [0.05, 0.1) is 6.04 Å². The third-order valence-corrected chi connectivity index (χ3v) is 4.49. The molecule has 1 N–H and O–H groups in total. The third kappa shape index (κ3) is 4.47. The quantitative estimate of drug-likeness (QED) is 0.904. The van der Waals surface area contributed by atoms with Crippen LogP contribution in [0.1, 0.15) is 23.7 Å². The average molecular weight is 366 g/mol. The van der Waals surface area contributed by atoms with Crippen molar-refractivity contribution in [2.75, 3.05) is 19.6 Å². The summed E-state index contributed by atoms with van der Waals surface area (Å²) in [4.78, 5) is 18.9. The van der Waals surface area contributed by atoms with Crippen LogP contribution in [0, 0.1) is 0 Å². The summed E-state index contributed by atoms with van der Waals surface area (Å²) in [5.74, 6) is 0.155. The molecule has 1 unspecified atom stereocenters. The van der Waals surface area contributed by atoms with Gasteiger partial charge in [0.25, 0.3) is 0 Å². The molecule has 4 nitrogen and oxygen atoms in total. The zero-order valence-corrected chi connectivity index (χ0v) is 14.9. The molecule has 2 heterocycles. The lowest BCUT2D eigenvalue weighted by atomic mass is 10.0. The van der Waals surface area contributed by atoms with Crippen LogP contribution in [0.5, 0.6) is 0 Å². The SMILES string of the molecule is Cl.O=C(CCc1ccccn1)N1CCNCC1c1ccccc1Cl. The fourth-order valence-electron chi connectivity index (χ4n) is 2.95. The van der Waals surface area contributed by atoms with Gasteiger partial charge in [0.15, 0.2) is 0 Å². The van der Waals surface area contributed by atoms with Crippen molar-refractivity contribution >= 4 is 29.9 Å². The van der Waals surface area contributed by atoms with Crippen molar-refractivity contribution in [3.05, 3.63) is 64.9 Å². The van der Waals surface area contributed by atoms with Gasteiger partial charge in [-0.3, -0.25) is 9.78 Å². The van der Waals surface area contributed by atoms with E-state index in [1.54, 1.807) is 6.20 Å². The van der Waals surface area contributed by atoms with Crippen molar-refractivity contribution < 1.29 is 4.79 Å². The van der Waals surface area contributed by atoms with Gasteiger partial charge in [-0.05, 0) is 30.2 Å². The van der Waals surface area contributed by atoms with Crippen LogP contribution >= 0.6 is 24.0 Å². The van der Waals surface area contributed by atoms with E-state index in [4.69, 9.17) is 11.6 Å². The van der Waals surface area contributed by atoms with Crippen LogP contribution in [-0.2, 0) is 11.2 Å². The number of carbonyl (C=O) groups excluding carboxylic acids is 1. The van der Waals surface area contributed by atoms with E-state index in [9.17, 15) is 4.79 Å². The van der Waals surface area contributed by atoms with Crippen LogP contribution in [0.25, 0.3) is 0 Å². The summed E-state index contributed by atoms with van der Waals surface area (Å²) >= 11 is 6.32. The molecule has 24 heavy (non-hydrogen) atoms. The van der Waals surface area contributed by atoms with Crippen LogP contribution in [0.4, 0.5) is 0 Å². The number of halogens is 2. The molecule has 1 aliphatic rings. The molecule has 0 radical (unpaired) electrons. The maximum atomic E-state index is 12.7. The molecule has 1 aromatic heterocycles. The van der Waals surface area contributed by atoms with Gasteiger partial charge in [0.1, 0.15) is 0 Å². The van der Waals surface area contributed by atoms with Crippen LogP contribution in [0.2, 0.25) is 5.02 Å². The summed E-state index contributed by atoms with van der Waals surface area (Å²) in [5.41, 5.74) is 1.96. The van der Waals surface area contributed by atoms with Crippen LogP contribution in [-0.4, -0.2) is 35.4 Å². The van der Waals surface area contributed by atoms with Crippen molar-refractivity contribution in [3.63, 3.8) is 0 Å². The third-order valence-electron chi connectivity index (χ3n) is 4.15. The molecule has 1 amide bonds. The Morgan fingerprint density at radius 3 is 2.79 bits per heavy atom.